The van der Waals surface area contributed by atoms with E-state index in [1.807, 2.05) is 0 Å². The molecular formula is C16H27N3O. The third-order valence-electron chi connectivity index (χ3n) is 6.32. The van der Waals surface area contributed by atoms with E-state index in [2.05, 4.69) is 44.8 Å². The van der Waals surface area contributed by atoms with Crippen LogP contribution in [0.5, 0.6) is 0 Å². The monoisotopic (exact) mass is 277 g/mol. The Hall–Kier alpha value is -0.900. The first kappa shape index (κ1) is 14.1. The first-order chi connectivity index (χ1) is 9.18. The number of nitrogens with two attached hydrogens (primary N) is 1. The van der Waals surface area contributed by atoms with Crippen LogP contribution < -0.4 is 5.73 Å². The summed E-state index contributed by atoms with van der Waals surface area (Å²) in [5.74, 6) is 2.61. The summed E-state index contributed by atoms with van der Waals surface area (Å²) in [5.41, 5.74) is 6.59. The Morgan fingerprint density at radius 2 is 1.65 bits per heavy atom. The second kappa shape index (κ2) is 4.06. The van der Waals surface area contributed by atoms with Crippen molar-refractivity contribution in [2.75, 3.05) is 0 Å². The Kier molecular flexibility index (Phi) is 2.85. The van der Waals surface area contributed by atoms with Crippen molar-refractivity contribution in [1.29, 1.82) is 0 Å². The molecule has 2 aliphatic carbocycles. The number of hydrogen-bond donors (Lipinski definition) is 1. The molecule has 0 aromatic carbocycles. The minimum absolute atomic E-state index is 0.222. The van der Waals surface area contributed by atoms with Gasteiger partial charge in [0.15, 0.2) is 5.82 Å². The van der Waals surface area contributed by atoms with E-state index < -0.39 is 0 Å². The van der Waals surface area contributed by atoms with Crippen molar-refractivity contribution in [3.8, 4) is 0 Å². The van der Waals surface area contributed by atoms with Crippen LogP contribution in [0.2, 0.25) is 0 Å². The van der Waals surface area contributed by atoms with E-state index in [1.54, 1.807) is 0 Å². The molecular weight excluding hydrogens is 250 g/mol. The van der Waals surface area contributed by atoms with Crippen molar-refractivity contribution in [2.24, 2.45) is 22.5 Å². The van der Waals surface area contributed by atoms with E-state index in [9.17, 15) is 0 Å². The highest BCUT2D eigenvalue weighted by Gasteiger charge is 2.68. The second-order valence-corrected chi connectivity index (χ2v) is 8.17. The lowest BCUT2D eigenvalue weighted by atomic mass is 9.77. The average molecular weight is 277 g/mol. The summed E-state index contributed by atoms with van der Waals surface area (Å²) in [6.45, 7) is 11.4. The van der Waals surface area contributed by atoms with Crippen LogP contribution in [0, 0.1) is 16.7 Å². The molecule has 1 aromatic rings. The summed E-state index contributed by atoms with van der Waals surface area (Å²) in [5, 5.41) is 4.22. The molecule has 2 aliphatic rings. The summed E-state index contributed by atoms with van der Waals surface area (Å²) in [4.78, 5) is 4.68. The molecule has 2 N–H and O–H groups in total. The Morgan fingerprint density at radius 1 is 1.10 bits per heavy atom. The normalized spacial score (nSPS) is 36.0. The fraction of sp³-hybridized carbons (Fsp3) is 0.875. The maximum atomic E-state index is 6.53. The van der Waals surface area contributed by atoms with Crippen LogP contribution in [0.4, 0.5) is 0 Å². The Morgan fingerprint density at radius 3 is 2.15 bits per heavy atom. The zero-order valence-corrected chi connectivity index (χ0v) is 13.4. The quantitative estimate of drug-likeness (QED) is 0.897. The lowest BCUT2D eigenvalue weighted by Crippen LogP contribution is -2.41. The van der Waals surface area contributed by atoms with Gasteiger partial charge in [-0.05, 0) is 42.4 Å². The predicted molar refractivity (Wildman–Crippen MR) is 78.1 cm³/mol. The molecule has 0 radical (unpaired) electrons. The highest BCUT2D eigenvalue weighted by atomic mass is 16.5. The fourth-order valence-electron chi connectivity index (χ4n) is 3.87. The summed E-state index contributed by atoms with van der Waals surface area (Å²) < 4.78 is 5.56. The van der Waals surface area contributed by atoms with E-state index in [-0.39, 0.29) is 16.4 Å². The highest BCUT2D eigenvalue weighted by Crippen LogP contribution is 2.73. The molecule has 3 rings (SSSR count). The molecule has 4 nitrogen and oxygen atoms in total. The van der Waals surface area contributed by atoms with Gasteiger partial charge in [0, 0.05) is 5.92 Å². The van der Waals surface area contributed by atoms with Gasteiger partial charge in [-0.1, -0.05) is 39.8 Å². The van der Waals surface area contributed by atoms with Crippen LogP contribution in [0.3, 0.4) is 0 Å². The van der Waals surface area contributed by atoms with Crippen molar-refractivity contribution in [2.45, 2.75) is 71.8 Å². The predicted octanol–water partition coefficient (Wildman–Crippen LogP) is 3.58. The van der Waals surface area contributed by atoms with Crippen LogP contribution in [0.25, 0.3) is 0 Å². The van der Waals surface area contributed by atoms with Crippen LogP contribution in [-0.2, 0) is 5.54 Å². The molecule has 20 heavy (non-hydrogen) atoms. The van der Waals surface area contributed by atoms with Gasteiger partial charge in [-0.25, -0.2) is 0 Å². The lowest BCUT2D eigenvalue weighted by molar-refractivity contribution is 0.229. The topological polar surface area (TPSA) is 64.9 Å². The van der Waals surface area contributed by atoms with Gasteiger partial charge in [0.05, 0.1) is 5.54 Å². The molecule has 0 amide bonds. The van der Waals surface area contributed by atoms with Gasteiger partial charge >= 0.3 is 0 Å². The average Bonchev–Trinajstić information content (AvgIpc) is 2.74. The van der Waals surface area contributed by atoms with Crippen molar-refractivity contribution >= 4 is 0 Å². The zero-order chi connectivity index (χ0) is 14.8. The van der Waals surface area contributed by atoms with E-state index in [0.717, 1.165) is 43.3 Å². The van der Waals surface area contributed by atoms with E-state index in [0.29, 0.717) is 5.92 Å². The van der Waals surface area contributed by atoms with Gasteiger partial charge in [-0.2, -0.15) is 4.98 Å². The van der Waals surface area contributed by atoms with Crippen molar-refractivity contribution in [3.05, 3.63) is 11.7 Å². The van der Waals surface area contributed by atoms with Crippen LogP contribution in [0.1, 0.15) is 77.9 Å². The number of nitrogens with zero attached hydrogens (tertiary/aromatic N) is 2. The first-order valence-corrected chi connectivity index (χ1v) is 7.81. The molecule has 2 fully saturated rings. The first-order valence-electron chi connectivity index (χ1n) is 7.81. The van der Waals surface area contributed by atoms with Gasteiger partial charge in [0.25, 0.3) is 0 Å². The van der Waals surface area contributed by atoms with Crippen LogP contribution in [0.15, 0.2) is 4.52 Å². The molecule has 0 atom stereocenters. The van der Waals surface area contributed by atoms with Gasteiger partial charge in [-0.15, -0.1) is 0 Å². The maximum Gasteiger partial charge on any atom is 0.230 e. The molecule has 0 saturated heterocycles. The minimum atomic E-state index is -0.378. The standard InChI is InChI=1S/C16H27N3O/c1-10-6-8-16(17,9-7-10)13-18-12(20-19-13)11-14(2,3)15(11,4)5/h10-11H,6-9,17H2,1-5H3. The Labute approximate surface area is 121 Å². The van der Waals surface area contributed by atoms with Crippen molar-refractivity contribution < 1.29 is 4.52 Å². The van der Waals surface area contributed by atoms with Crippen molar-refractivity contribution in [1.82, 2.24) is 10.1 Å². The Bertz CT molecular complexity index is 496. The van der Waals surface area contributed by atoms with Gasteiger partial charge in [0.2, 0.25) is 5.89 Å². The van der Waals surface area contributed by atoms with Gasteiger partial charge < -0.3 is 10.3 Å². The highest BCUT2D eigenvalue weighted by molar-refractivity contribution is 5.25. The smallest absolute Gasteiger partial charge is 0.230 e. The molecule has 1 aromatic heterocycles. The number of aromatic nitrogens is 2. The summed E-state index contributed by atoms with van der Waals surface area (Å²) in [6.07, 6.45) is 4.23. The zero-order valence-electron chi connectivity index (χ0n) is 13.4. The number of rotatable bonds is 2. The molecule has 0 unspecified atom stereocenters. The maximum absolute atomic E-state index is 6.53. The largest absolute Gasteiger partial charge is 0.339 e. The molecule has 2 saturated carbocycles. The molecule has 1 heterocycles. The van der Waals surface area contributed by atoms with Crippen LogP contribution >= 0.6 is 0 Å². The SMILES string of the molecule is CC1CCC(N)(c2noc(C3C(C)(C)C3(C)C)n2)CC1. The third-order valence-corrected chi connectivity index (χ3v) is 6.32. The molecule has 0 spiro atoms. The summed E-state index contributed by atoms with van der Waals surface area (Å²) >= 11 is 0. The molecule has 112 valence electrons. The van der Waals surface area contributed by atoms with E-state index in [1.165, 1.54) is 0 Å². The lowest BCUT2D eigenvalue weighted by Gasteiger charge is -2.33. The van der Waals surface area contributed by atoms with Gasteiger partial charge in [0.1, 0.15) is 0 Å². The number of hydrogen-bond acceptors (Lipinski definition) is 4. The van der Waals surface area contributed by atoms with Gasteiger partial charge in [-0.3, -0.25) is 0 Å². The summed E-state index contributed by atoms with van der Waals surface area (Å²) in [6, 6.07) is 0. The Balaban J connectivity index is 1.82. The van der Waals surface area contributed by atoms with Crippen LogP contribution in [-0.4, -0.2) is 10.1 Å². The molecule has 4 heteroatoms. The molecule has 0 aliphatic heterocycles. The third kappa shape index (κ3) is 1.84. The second-order valence-electron chi connectivity index (χ2n) is 8.17. The minimum Gasteiger partial charge on any atom is -0.339 e. The molecule has 0 bridgehead atoms. The van der Waals surface area contributed by atoms with E-state index in [4.69, 9.17) is 10.3 Å². The fourth-order valence-corrected chi connectivity index (χ4v) is 3.87. The van der Waals surface area contributed by atoms with E-state index >= 15 is 0 Å². The summed E-state index contributed by atoms with van der Waals surface area (Å²) in [7, 11) is 0. The van der Waals surface area contributed by atoms with Crippen molar-refractivity contribution in [3.63, 3.8) is 0 Å².